The Labute approximate surface area is 166 Å². The summed E-state index contributed by atoms with van der Waals surface area (Å²) in [6.45, 7) is 6.27. The number of aromatic nitrogens is 4. The van der Waals surface area contributed by atoms with Crippen LogP contribution in [0.15, 0.2) is 40.3 Å². The molecule has 4 aromatic rings. The quantitative estimate of drug-likeness (QED) is 0.521. The van der Waals surface area contributed by atoms with Crippen LogP contribution in [0.1, 0.15) is 43.3 Å². The van der Waals surface area contributed by atoms with Crippen molar-refractivity contribution >= 4 is 28.2 Å². The van der Waals surface area contributed by atoms with E-state index in [1.165, 1.54) is 16.9 Å². The number of nitrogens with one attached hydrogen (secondary N) is 1. The first-order chi connectivity index (χ1) is 13.5. The second kappa shape index (κ2) is 7.55. The van der Waals surface area contributed by atoms with Crippen LogP contribution in [0, 0.1) is 6.92 Å². The van der Waals surface area contributed by atoms with E-state index < -0.39 is 0 Å². The second-order valence-electron chi connectivity index (χ2n) is 6.95. The van der Waals surface area contributed by atoms with Crippen molar-refractivity contribution in [2.75, 3.05) is 5.32 Å². The van der Waals surface area contributed by atoms with Gasteiger partial charge in [0.2, 0.25) is 16.8 Å². The van der Waals surface area contributed by atoms with Gasteiger partial charge in [-0.2, -0.15) is 4.98 Å². The molecule has 8 heteroatoms. The molecule has 4 rings (SSSR count). The largest absolute Gasteiger partial charge is 0.441 e. The Morgan fingerprint density at radius 2 is 2.07 bits per heavy atom. The molecule has 1 aromatic carbocycles. The molecule has 3 heterocycles. The number of benzene rings is 1. The molecule has 3 aromatic heterocycles. The molecule has 0 radical (unpaired) electrons. The number of nitrogens with zero attached hydrogens (tertiary/aromatic N) is 4. The lowest BCUT2D eigenvalue weighted by Gasteiger charge is -2.05. The summed E-state index contributed by atoms with van der Waals surface area (Å²) in [5, 5.41) is 8.97. The predicted octanol–water partition coefficient (Wildman–Crippen LogP) is 4.45. The second-order valence-corrected chi connectivity index (χ2v) is 7.79. The molecule has 0 saturated heterocycles. The van der Waals surface area contributed by atoms with E-state index in [-0.39, 0.29) is 12.3 Å². The summed E-state index contributed by atoms with van der Waals surface area (Å²) >= 11 is 1.49. The van der Waals surface area contributed by atoms with E-state index in [1.54, 1.807) is 10.7 Å². The maximum absolute atomic E-state index is 12.2. The zero-order valence-electron chi connectivity index (χ0n) is 16.0. The lowest BCUT2D eigenvalue weighted by molar-refractivity contribution is -0.116. The van der Waals surface area contributed by atoms with Crippen molar-refractivity contribution in [2.24, 2.45) is 0 Å². The molecule has 0 aliphatic rings. The topological polar surface area (TPSA) is 85.3 Å². The number of oxazole rings is 1. The highest BCUT2D eigenvalue weighted by Gasteiger charge is 2.13. The fraction of sp³-hybridized carbons (Fsp3) is 0.300. The van der Waals surface area contributed by atoms with Crippen LogP contribution in [-0.4, -0.2) is 25.5 Å². The van der Waals surface area contributed by atoms with Gasteiger partial charge in [-0.15, -0.1) is 16.4 Å². The molecule has 7 nitrogen and oxygen atoms in total. The van der Waals surface area contributed by atoms with Crippen molar-refractivity contribution < 1.29 is 9.21 Å². The first-order valence-electron chi connectivity index (χ1n) is 9.15. The maximum atomic E-state index is 12.2. The van der Waals surface area contributed by atoms with Crippen molar-refractivity contribution in [1.29, 1.82) is 0 Å². The normalized spacial score (nSPS) is 11.4. The van der Waals surface area contributed by atoms with Gasteiger partial charge in [-0.05, 0) is 18.4 Å². The Balaban J connectivity index is 1.35. The fourth-order valence-electron chi connectivity index (χ4n) is 2.84. The number of aryl methyl sites for hydroxylation is 2. The summed E-state index contributed by atoms with van der Waals surface area (Å²) in [7, 11) is 0. The Hall–Kier alpha value is -3.00. The Bertz CT molecular complexity index is 1110. The molecule has 0 spiro atoms. The van der Waals surface area contributed by atoms with Gasteiger partial charge in [0.15, 0.2) is 11.7 Å². The molecule has 28 heavy (non-hydrogen) atoms. The summed E-state index contributed by atoms with van der Waals surface area (Å²) in [5.41, 5.74) is 3.25. The summed E-state index contributed by atoms with van der Waals surface area (Å²) in [6.07, 6.45) is 2.36. The number of thiazole rings is 1. The third-order valence-electron chi connectivity index (χ3n) is 4.48. The number of rotatable bonds is 6. The smallest absolute Gasteiger partial charge is 0.250 e. The van der Waals surface area contributed by atoms with E-state index in [0.29, 0.717) is 29.9 Å². The van der Waals surface area contributed by atoms with E-state index in [9.17, 15) is 4.79 Å². The van der Waals surface area contributed by atoms with E-state index >= 15 is 0 Å². The minimum Gasteiger partial charge on any atom is -0.441 e. The highest BCUT2D eigenvalue weighted by atomic mass is 32.1. The molecule has 1 amide bonds. The molecular formula is C20H21N5O2S. The van der Waals surface area contributed by atoms with Gasteiger partial charge in [0.05, 0.1) is 11.9 Å². The van der Waals surface area contributed by atoms with Crippen LogP contribution in [0.4, 0.5) is 5.95 Å². The minimum atomic E-state index is -0.169. The molecule has 0 atom stereocenters. The summed E-state index contributed by atoms with van der Waals surface area (Å²) in [4.78, 5) is 21.5. The number of amides is 1. The molecule has 0 aliphatic carbocycles. The molecule has 0 aliphatic heterocycles. The van der Waals surface area contributed by atoms with E-state index in [1.807, 2.05) is 24.4 Å². The fourth-order valence-corrected chi connectivity index (χ4v) is 3.64. The van der Waals surface area contributed by atoms with Crippen LogP contribution in [0.3, 0.4) is 0 Å². The van der Waals surface area contributed by atoms with Crippen molar-refractivity contribution in [3.05, 3.63) is 53.0 Å². The van der Waals surface area contributed by atoms with Gasteiger partial charge in [-0.25, -0.2) is 9.50 Å². The molecule has 0 bridgehead atoms. The molecular weight excluding hydrogens is 374 g/mol. The van der Waals surface area contributed by atoms with Crippen molar-refractivity contribution in [1.82, 2.24) is 19.6 Å². The first kappa shape index (κ1) is 18.4. The number of carbonyl (C=O) groups excluding carboxylic acids is 1. The van der Waals surface area contributed by atoms with Crippen LogP contribution in [-0.2, 0) is 11.2 Å². The highest BCUT2D eigenvalue weighted by molar-refractivity contribution is 7.15. The number of anilines is 1. The minimum absolute atomic E-state index is 0.169. The average Bonchev–Trinajstić information content (AvgIpc) is 3.38. The van der Waals surface area contributed by atoms with Crippen molar-refractivity contribution in [2.45, 2.75) is 39.5 Å². The van der Waals surface area contributed by atoms with Crippen LogP contribution in [0.25, 0.3) is 16.3 Å². The van der Waals surface area contributed by atoms with Gasteiger partial charge in [0, 0.05) is 23.8 Å². The number of hydrogen-bond donors (Lipinski definition) is 1. The lowest BCUT2D eigenvalue weighted by Crippen LogP contribution is -2.13. The number of hydrogen-bond acceptors (Lipinski definition) is 6. The summed E-state index contributed by atoms with van der Waals surface area (Å²) in [5.74, 6) is 1.88. The Morgan fingerprint density at radius 3 is 2.79 bits per heavy atom. The average molecular weight is 395 g/mol. The van der Waals surface area contributed by atoms with Gasteiger partial charge in [-0.3, -0.25) is 10.1 Å². The van der Waals surface area contributed by atoms with Crippen molar-refractivity contribution in [3.8, 4) is 11.3 Å². The lowest BCUT2D eigenvalue weighted by atomic mass is 10.0. The van der Waals surface area contributed by atoms with Gasteiger partial charge in [-0.1, -0.05) is 38.1 Å². The van der Waals surface area contributed by atoms with Crippen LogP contribution >= 0.6 is 11.3 Å². The monoisotopic (exact) mass is 395 g/mol. The predicted molar refractivity (Wildman–Crippen MR) is 109 cm³/mol. The summed E-state index contributed by atoms with van der Waals surface area (Å²) in [6, 6.07) is 8.26. The van der Waals surface area contributed by atoms with Gasteiger partial charge in [0.1, 0.15) is 0 Å². The van der Waals surface area contributed by atoms with Gasteiger partial charge in [0.25, 0.3) is 0 Å². The van der Waals surface area contributed by atoms with Crippen LogP contribution in [0.2, 0.25) is 0 Å². The Kier molecular flexibility index (Phi) is 4.95. The number of fused-ring (bicyclic) bond motifs is 1. The molecule has 0 unspecified atom stereocenters. The van der Waals surface area contributed by atoms with Crippen LogP contribution < -0.4 is 5.32 Å². The first-order valence-corrected chi connectivity index (χ1v) is 10.0. The highest BCUT2D eigenvalue weighted by Crippen LogP contribution is 2.24. The zero-order valence-corrected chi connectivity index (χ0v) is 16.8. The van der Waals surface area contributed by atoms with Crippen molar-refractivity contribution in [3.63, 3.8) is 0 Å². The number of carbonyl (C=O) groups is 1. The molecule has 0 saturated carbocycles. The van der Waals surface area contributed by atoms with Crippen LogP contribution in [0.5, 0.6) is 0 Å². The van der Waals surface area contributed by atoms with E-state index in [4.69, 9.17) is 4.42 Å². The van der Waals surface area contributed by atoms with E-state index in [0.717, 1.165) is 16.2 Å². The van der Waals surface area contributed by atoms with E-state index in [2.05, 4.69) is 46.4 Å². The Morgan fingerprint density at radius 1 is 1.29 bits per heavy atom. The molecule has 144 valence electrons. The zero-order chi connectivity index (χ0) is 19.7. The molecule has 1 N–H and O–H groups in total. The van der Waals surface area contributed by atoms with Gasteiger partial charge >= 0.3 is 0 Å². The SMILES string of the molecule is Cc1csc2nc(NC(=O)CCc3ncc(-c4ccc(C(C)C)cc4)o3)nn12. The maximum Gasteiger partial charge on any atom is 0.250 e. The standard InChI is InChI=1S/C20H21N5O2S/c1-12(2)14-4-6-15(7-5-14)16-10-21-18(27-16)9-8-17(26)22-19-23-20-25(24-19)13(3)11-28-20/h4-7,10-12H,8-9H2,1-3H3,(H,22,24,26). The van der Waals surface area contributed by atoms with Gasteiger partial charge < -0.3 is 4.42 Å². The summed E-state index contributed by atoms with van der Waals surface area (Å²) < 4.78 is 7.51. The molecule has 0 fully saturated rings. The third kappa shape index (κ3) is 3.82. The third-order valence-corrected chi connectivity index (χ3v) is 5.41.